The van der Waals surface area contributed by atoms with Gasteiger partial charge in [-0.05, 0) is 30.7 Å². The summed E-state index contributed by atoms with van der Waals surface area (Å²) < 4.78 is 0. The van der Waals surface area contributed by atoms with E-state index in [-0.39, 0.29) is 42.8 Å². The molecule has 3 fully saturated rings. The summed E-state index contributed by atoms with van der Waals surface area (Å²) in [5.41, 5.74) is 1.01. The summed E-state index contributed by atoms with van der Waals surface area (Å²) in [5, 5.41) is 11.9. The first-order valence-corrected chi connectivity index (χ1v) is 7.85. The van der Waals surface area contributed by atoms with E-state index in [4.69, 9.17) is 9.90 Å². The standard InChI is InChI=1S/C15H14N4O4.CH2O2/c20-12-7-18(15(23)17-12)10-3-1-8(2-4-10)14(22)19-6-9-5-11(19)13(21)16-9;2-1-3/h1-4,9,11H,5-7H2,(H,16,21)(H,17,20,23);1H,(H,2,3)/t9-,11-;/m0./s1. The van der Waals surface area contributed by atoms with Gasteiger partial charge in [0.25, 0.3) is 12.4 Å². The molecule has 3 N–H and O–H groups in total. The Kier molecular flexibility index (Phi) is 4.57. The first-order valence-electron chi connectivity index (χ1n) is 7.85. The third-order valence-corrected chi connectivity index (χ3v) is 4.43. The molecule has 10 heteroatoms. The van der Waals surface area contributed by atoms with Crippen LogP contribution in [0.25, 0.3) is 0 Å². The zero-order valence-corrected chi connectivity index (χ0v) is 13.5. The minimum absolute atomic E-state index is 0.0256. The zero-order chi connectivity index (χ0) is 18.8. The minimum Gasteiger partial charge on any atom is -0.483 e. The first kappa shape index (κ1) is 17.4. The van der Waals surface area contributed by atoms with Crippen LogP contribution < -0.4 is 15.5 Å². The van der Waals surface area contributed by atoms with Crippen molar-refractivity contribution in [1.29, 1.82) is 0 Å². The highest BCUT2D eigenvalue weighted by Gasteiger charge is 2.46. The molecule has 10 nitrogen and oxygen atoms in total. The van der Waals surface area contributed by atoms with Gasteiger partial charge in [0.05, 0.1) is 0 Å². The lowest BCUT2D eigenvalue weighted by atomic mass is 10.1. The molecule has 0 spiro atoms. The number of hydrogen-bond acceptors (Lipinski definition) is 5. The van der Waals surface area contributed by atoms with Crippen LogP contribution in [-0.4, -0.2) is 65.4 Å². The van der Waals surface area contributed by atoms with E-state index in [1.807, 2.05) is 0 Å². The third-order valence-electron chi connectivity index (χ3n) is 4.43. The molecule has 0 aliphatic carbocycles. The van der Waals surface area contributed by atoms with Crippen LogP contribution in [0.5, 0.6) is 0 Å². The van der Waals surface area contributed by atoms with Gasteiger partial charge in [-0.1, -0.05) is 0 Å². The molecule has 3 aliphatic rings. The first-order chi connectivity index (χ1) is 12.4. The highest BCUT2D eigenvalue weighted by Crippen LogP contribution is 2.27. The fourth-order valence-electron chi connectivity index (χ4n) is 3.31. The number of likely N-dealkylation sites (tertiary alicyclic amines) is 1. The van der Waals surface area contributed by atoms with E-state index in [2.05, 4.69) is 10.6 Å². The molecule has 5 amide bonds. The summed E-state index contributed by atoms with van der Waals surface area (Å²) >= 11 is 0. The number of carbonyl (C=O) groups excluding carboxylic acids is 4. The molecule has 3 heterocycles. The highest BCUT2D eigenvalue weighted by atomic mass is 16.3. The quantitative estimate of drug-likeness (QED) is 0.465. The van der Waals surface area contributed by atoms with Gasteiger partial charge < -0.3 is 15.3 Å². The molecule has 1 aromatic carbocycles. The van der Waals surface area contributed by atoms with E-state index in [9.17, 15) is 19.2 Å². The van der Waals surface area contributed by atoms with Crippen LogP contribution in [0.1, 0.15) is 16.8 Å². The Bertz CT molecular complexity index is 777. The normalized spacial score (nSPS) is 23.3. The van der Waals surface area contributed by atoms with Gasteiger partial charge in [-0.3, -0.25) is 29.4 Å². The van der Waals surface area contributed by atoms with Crippen LogP contribution in [0.2, 0.25) is 0 Å². The van der Waals surface area contributed by atoms with Crippen LogP contribution in [0.3, 0.4) is 0 Å². The lowest BCUT2D eigenvalue weighted by Crippen LogP contribution is -2.50. The predicted octanol–water partition coefficient (Wildman–Crippen LogP) is -0.843. The van der Waals surface area contributed by atoms with E-state index in [1.165, 1.54) is 4.90 Å². The Labute approximate surface area is 147 Å². The number of nitrogens with one attached hydrogen (secondary N) is 2. The average Bonchev–Trinajstić information content (AvgIpc) is 3.28. The molecule has 26 heavy (non-hydrogen) atoms. The summed E-state index contributed by atoms with van der Waals surface area (Å²) in [6.07, 6.45) is 0.665. The molecule has 0 radical (unpaired) electrons. The van der Waals surface area contributed by atoms with Crippen molar-refractivity contribution in [3.05, 3.63) is 29.8 Å². The number of rotatable bonds is 2. The van der Waals surface area contributed by atoms with Crippen molar-refractivity contribution < 1.29 is 29.1 Å². The van der Waals surface area contributed by atoms with Crippen LogP contribution in [0.15, 0.2) is 24.3 Å². The minimum atomic E-state index is -0.470. The number of benzene rings is 1. The van der Waals surface area contributed by atoms with Gasteiger partial charge >= 0.3 is 6.03 Å². The molecule has 2 atom stereocenters. The van der Waals surface area contributed by atoms with Crippen molar-refractivity contribution in [3.63, 3.8) is 0 Å². The Morgan fingerprint density at radius 1 is 1.19 bits per heavy atom. The maximum Gasteiger partial charge on any atom is 0.329 e. The zero-order valence-electron chi connectivity index (χ0n) is 13.5. The van der Waals surface area contributed by atoms with Gasteiger partial charge in [0.15, 0.2) is 0 Å². The number of carbonyl (C=O) groups is 5. The molecule has 1 aromatic rings. The average molecular weight is 360 g/mol. The lowest BCUT2D eigenvalue weighted by molar-refractivity contribution is -0.124. The monoisotopic (exact) mass is 360 g/mol. The SMILES string of the molecule is O=C1CN(c2ccc(C(=O)N3C[C@@H]4C[C@H]3C(=O)N4)cc2)C(=O)N1.O=CO. The number of carboxylic acid groups (broad SMARTS) is 1. The number of anilines is 1. The molecule has 2 bridgehead atoms. The molecule has 0 aromatic heterocycles. The van der Waals surface area contributed by atoms with Crippen LogP contribution in [0, 0.1) is 0 Å². The number of fused-ring (bicyclic) bond motifs is 2. The molecule has 3 saturated heterocycles. The van der Waals surface area contributed by atoms with Gasteiger partial charge in [-0.15, -0.1) is 0 Å². The fourth-order valence-corrected chi connectivity index (χ4v) is 3.31. The summed E-state index contributed by atoms with van der Waals surface area (Å²) in [6, 6.07) is 5.67. The lowest BCUT2D eigenvalue weighted by Gasteiger charge is -2.26. The third kappa shape index (κ3) is 3.08. The molecule has 3 aliphatic heterocycles. The van der Waals surface area contributed by atoms with Crippen molar-refractivity contribution in [2.24, 2.45) is 0 Å². The second kappa shape index (κ2) is 6.82. The van der Waals surface area contributed by atoms with E-state index < -0.39 is 6.03 Å². The maximum absolute atomic E-state index is 12.5. The Hall–Kier alpha value is -3.43. The van der Waals surface area contributed by atoms with Crippen LogP contribution in [0.4, 0.5) is 10.5 Å². The second-order valence-electron chi connectivity index (χ2n) is 6.01. The molecular weight excluding hydrogens is 344 g/mol. The molecule has 136 valence electrons. The van der Waals surface area contributed by atoms with Crippen molar-refractivity contribution in [2.75, 3.05) is 18.0 Å². The fraction of sp³-hybridized carbons (Fsp3) is 0.312. The van der Waals surface area contributed by atoms with Crippen molar-refractivity contribution >= 4 is 35.9 Å². The highest BCUT2D eigenvalue weighted by molar-refractivity contribution is 6.12. The van der Waals surface area contributed by atoms with Gasteiger partial charge in [-0.2, -0.15) is 0 Å². The van der Waals surface area contributed by atoms with E-state index in [0.717, 1.165) is 0 Å². The van der Waals surface area contributed by atoms with Crippen LogP contribution >= 0.6 is 0 Å². The molecule has 0 unspecified atom stereocenters. The Balaban J connectivity index is 0.000000613. The van der Waals surface area contributed by atoms with E-state index in [0.29, 0.717) is 24.2 Å². The predicted molar refractivity (Wildman–Crippen MR) is 87.4 cm³/mol. The summed E-state index contributed by atoms with van der Waals surface area (Å²) in [5.74, 6) is -0.645. The number of amides is 5. The summed E-state index contributed by atoms with van der Waals surface area (Å²) in [7, 11) is 0. The summed E-state index contributed by atoms with van der Waals surface area (Å²) in [4.78, 5) is 58.3. The van der Waals surface area contributed by atoms with Gasteiger partial charge in [-0.25, -0.2) is 4.79 Å². The summed E-state index contributed by atoms with van der Waals surface area (Å²) in [6.45, 7) is 0.252. The number of urea groups is 1. The number of imide groups is 1. The number of piperazine rings is 1. The molecule has 4 rings (SSSR count). The maximum atomic E-state index is 12.5. The van der Waals surface area contributed by atoms with Gasteiger partial charge in [0.2, 0.25) is 11.8 Å². The molecule has 0 saturated carbocycles. The largest absolute Gasteiger partial charge is 0.483 e. The van der Waals surface area contributed by atoms with Crippen molar-refractivity contribution in [1.82, 2.24) is 15.5 Å². The van der Waals surface area contributed by atoms with Crippen LogP contribution in [-0.2, 0) is 14.4 Å². The van der Waals surface area contributed by atoms with E-state index >= 15 is 0 Å². The van der Waals surface area contributed by atoms with Gasteiger partial charge in [0.1, 0.15) is 12.6 Å². The number of hydrogen-bond donors (Lipinski definition) is 3. The second-order valence-corrected chi connectivity index (χ2v) is 6.01. The van der Waals surface area contributed by atoms with Gasteiger partial charge in [0, 0.05) is 23.8 Å². The number of nitrogens with zero attached hydrogens (tertiary/aromatic N) is 2. The van der Waals surface area contributed by atoms with Crippen molar-refractivity contribution in [3.8, 4) is 0 Å². The topological polar surface area (TPSA) is 136 Å². The Morgan fingerprint density at radius 3 is 2.35 bits per heavy atom. The van der Waals surface area contributed by atoms with Crippen molar-refractivity contribution in [2.45, 2.75) is 18.5 Å². The molecular formula is C16H16N4O6. The Morgan fingerprint density at radius 2 is 1.85 bits per heavy atom. The van der Waals surface area contributed by atoms with E-state index in [1.54, 1.807) is 29.2 Å². The smallest absolute Gasteiger partial charge is 0.329 e.